The van der Waals surface area contributed by atoms with Crippen molar-refractivity contribution in [1.82, 2.24) is 9.62 Å². The Morgan fingerprint density at radius 3 is 2.31 bits per heavy atom. The highest BCUT2D eigenvalue weighted by molar-refractivity contribution is 7.89. The molecule has 0 radical (unpaired) electrons. The van der Waals surface area contributed by atoms with E-state index in [0.29, 0.717) is 24.8 Å². The number of benzene rings is 1. The van der Waals surface area contributed by atoms with Gasteiger partial charge >= 0.3 is 5.97 Å². The van der Waals surface area contributed by atoms with Crippen LogP contribution in [-0.4, -0.2) is 50.8 Å². The van der Waals surface area contributed by atoms with Crippen molar-refractivity contribution in [3.05, 3.63) is 29.8 Å². The van der Waals surface area contributed by atoms with E-state index in [2.05, 4.69) is 5.32 Å². The smallest absolute Gasteiger partial charge is 0.328 e. The number of hydrogen-bond acceptors (Lipinski definition) is 6. The first-order valence-corrected chi connectivity index (χ1v) is 11.0. The van der Waals surface area contributed by atoms with Crippen LogP contribution in [0.1, 0.15) is 38.7 Å². The van der Waals surface area contributed by atoms with Crippen molar-refractivity contribution in [1.29, 1.82) is 5.26 Å². The molecule has 1 saturated heterocycles. The number of hydrogen-bond donors (Lipinski definition) is 1. The van der Waals surface area contributed by atoms with Gasteiger partial charge < -0.3 is 10.1 Å². The molecule has 0 aliphatic carbocycles. The molecule has 1 N–H and O–H groups in total. The van der Waals surface area contributed by atoms with Crippen LogP contribution in [0.3, 0.4) is 0 Å². The summed E-state index contributed by atoms with van der Waals surface area (Å²) in [5.74, 6) is -0.884. The van der Waals surface area contributed by atoms with Crippen LogP contribution < -0.4 is 5.32 Å². The molecular formula is C20H27N3O5S. The molecule has 1 aliphatic rings. The highest BCUT2D eigenvalue weighted by Gasteiger charge is 2.33. The first kappa shape index (κ1) is 22.8. The summed E-state index contributed by atoms with van der Waals surface area (Å²) in [6.45, 7) is 4.34. The van der Waals surface area contributed by atoms with E-state index in [1.165, 1.54) is 35.7 Å². The molecule has 0 spiro atoms. The molecule has 1 aliphatic heterocycles. The van der Waals surface area contributed by atoms with Gasteiger partial charge in [0.25, 0.3) is 0 Å². The van der Waals surface area contributed by atoms with E-state index in [1.807, 2.05) is 19.9 Å². The Balaban J connectivity index is 1.99. The topological polar surface area (TPSA) is 117 Å². The van der Waals surface area contributed by atoms with Gasteiger partial charge in [-0.05, 0) is 49.4 Å². The maximum absolute atomic E-state index is 12.8. The van der Waals surface area contributed by atoms with Crippen LogP contribution in [0.2, 0.25) is 0 Å². The monoisotopic (exact) mass is 421 g/mol. The molecule has 1 fully saturated rings. The van der Waals surface area contributed by atoms with Gasteiger partial charge in [0, 0.05) is 19.0 Å². The van der Waals surface area contributed by atoms with Crippen molar-refractivity contribution >= 4 is 21.9 Å². The second-order valence-corrected chi connectivity index (χ2v) is 9.47. The van der Waals surface area contributed by atoms with E-state index in [0.717, 1.165) is 0 Å². The van der Waals surface area contributed by atoms with Crippen LogP contribution >= 0.6 is 0 Å². The average Bonchev–Trinajstić information content (AvgIpc) is 2.72. The van der Waals surface area contributed by atoms with Gasteiger partial charge in [-0.25, -0.2) is 13.2 Å². The molecule has 1 heterocycles. The zero-order valence-corrected chi connectivity index (χ0v) is 17.7. The van der Waals surface area contributed by atoms with E-state index < -0.39 is 22.0 Å². The number of amides is 1. The summed E-state index contributed by atoms with van der Waals surface area (Å²) < 4.78 is 31.7. The van der Waals surface area contributed by atoms with Gasteiger partial charge in [0.1, 0.15) is 6.04 Å². The molecule has 2 rings (SSSR count). The fourth-order valence-electron chi connectivity index (χ4n) is 3.33. The quantitative estimate of drug-likeness (QED) is 0.669. The number of carbonyl (C=O) groups excluding carboxylic acids is 2. The second-order valence-electron chi connectivity index (χ2n) is 7.53. The maximum atomic E-state index is 12.8. The molecule has 1 amide bonds. The first-order chi connectivity index (χ1) is 13.7. The van der Waals surface area contributed by atoms with Crippen molar-refractivity contribution in [2.45, 2.75) is 44.0 Å². The molecule has 8 nitrogen and oxygen atoms in total. The summed E-state index contributed by atoms with van der Waals surface area (Å²) in [5.41, 5.74) is 0.390. The van der Waals surface area contributed by atoms with Gasteiger partial charge in [0.15, 0.2) is 0 Å². The number of ether oxygens (including phenoxy) is 1. The minimum Gasteiger partial charge on any atom is -0.467 e. The lowest BCUT2D eigenvalue weighted by Gasteiger charge is -2.31. The normalized spacial score (nSPS) is 16.8. The van der Waals surface area contributed by atoms with Crippen LogP contribution in [0.5, 0.6) is 0 Å². The van der Waals surface area contributed by atoms with Crippen LogP contribution in [0.25, 0.3) is 0 Å². The Hall–Kier alpha value is -2.44. The lowest BCUT2D eigenvalue weighted by Crippen LogP contribution is -2.48. The number of piperidine rings is 1. The third-order valence-corrected chi connectivity index (χ3v) is 6.87. The fourth-order valence-corrected chi connectivity index (χ4v) is 4.80. The van der Waals surface area contributed by atoms with Crippen molar-refractivity contribution in [2.75, 3.05) is 20.2 Å². The summed E-state index contributed by atoms with van der Waals surface area (Å²) in [6.07, 6.45) is 1.22. The zero-order chi connectivity index (χ0) is 21.6. The summed E-state index contributed by atoms with van der Waals surface area (Å²) >= 11 is 0. The Morgan fingerprint density at radius 2 is 1.83 bits per heavy atom. The molecule has 1 aromatic carbocycles. The maximum Gasteiger partial charge on any atom is 0.328 e. The first-order valence-electron chi connectivity index (χ1n) is 9.57. The number of methoxy groups -OCH3 is 1. The summed E-state index contributed by atoms with van der Waals surface area (Å²) in [5, 5.41) is 11.6. The Morgan fingerprint density at radius 1 is 1.24 bits per heavy atom. The second kappa shape index (κ2) is 9.85. The molecular weight excluding hydrogens is 394 g/mol. The van der Waals surface area contributed by atoms with Crippen molar-refractivity contribution in [3.63, 3.8) is 0 Å². The average molecular weight is 422 g/mol. The van der Waals surface area contributed by atoms with Gasteiger partial charge in [0.2, 0.25) is 15.9 Å². The largest absolute Gasteiger partial charge is 0.467 e. The molecule has 1 atom stereocenters. The zero-order valence-electron chi connectivity index (χ0n) is 16.9. The minimum absolute atomic E-state index is 0.127. The SMILES string of the molecule is COC(=O)C(CC(C)C)NC(=O)C1CCN(S(=O)(=O)c2ccc(C#N)cc2)CC1. The number of sulfonamides is 1. The highest BCUT2D eigenvalue weighted by Crippen LogP contribution is 2.24. The lowest BCUT2D eigenvalue weighted by molar-refractivity contribution is -0.146. The molecule has 0 aromatic heterocycles. The summed E-state index contributed by atoms with van der Waals surface area (Å²) in [7, 11) is -2.39. The number of carbonyl (C=O) groups is 2. The summed E-state index contributed by atoms with van der Waals surface area (Å²) in [4.78, 5) is 24.6. The number of rotatable bonds is 7. The number of nitrogens with zero attached hydrogens (tertiary/aromatic N) is 2. The minimum atomic E-state index is -3.67. The van der Waals surface area contributed by atoms with Crippen LogP contribution in [-0.2, 0) is 24.3 Å². The molecule has 158 valence electrons. The Labute approximate surface area is 171 Å². The van der Waals surface area contributed by atoms with Crippen LogP contribution in [0.4, 0.5) is 0 Å². The van der Waals surface area contributed by atoms with Crippen molar-refractivity contribution < 1.29 is 22.7 Å². The fraction of sp³-hybridized carbons (Fsp3) is 0.550. The lowest BCUT2D eigenvalue weighted by atomic mass is 9.96. The van der Waals surface area contributed by atoms with E-state index in [-0.39, 0.29) is 35.7 Å². The van der Waals surface area contributed by atoms with Gasteiger partial charge in [-0.2, -0.15) is 9.57 Å². The van der Waals surface area contributed by atoms with Gasteiger partial charge in [-0.15, -0.1) is 0 Å². The Kier molecular flexibility index (Phi) is 7.76. The molecule has 0 saturated carbocycles. The number of nitriles is 1. The number of esters is 1. The van der Waals surface area contributed by atoms with E-state index in [9.17, 15) is 18.0 Å². The highest BCUT2D eigenvalue weighted by atomic mass is 32.2. The summed E-state index contributed by atoms with van der Waals surface area (Å²) in [6, 6.07) is 7.02. The van der Waals surface area contributed by atoms with E-state index >= 15 is 0 Å². The third kappa shape index (κ3) is 5.78. The van der Waals surface area contributed by atoms with Gasteiger partial charge in [0.05, 0.1) is 23.6 Å². The van der Waals surface area contributed by atoms with Crippen LogP contribution in [0.15, 0.2) is 29.2 Å². The predicted molar refractivity (Wildman–Crippen MR) is 106 cm³/mol. The van der Waals surface area contributed by atoms with Gasteiger partial charge in [-0.3, -0.25) is 4.79 Å². The molecule has 0 bridgehead atoms. The molecule has 1 unspecified atom stereocenters. The van der Waals surface area contributed by atoms with E-state index in [1.54, 1.807) is 0 Å². The number of nitrogens with one attached hydrogen (secondary N) is 1. The molecule has 9 heteroatoms. The third-order valence-electron chi connectivity index (χ3n) is 4.96. The van der Waals surface area contributed by atoms with Crippen molar-refractivity contribution in [3.8, 4) is 6.07 Å². The van der Waals surface area contributed by atoms with Gasteiger partial charge in [-0.1, -0.05) is 13.8 Å². The van der Waals surface area contributed by atoms with E-state index in [4.69, 9.17) is 10.00 Å². The van der Waals surface area contributed by atoms with Crippen LogP contribution in [0, 0.1) is 23.2 Å². The standard InChI is InChI=1S/C20H27N3O5S/c1-14(2)12-18(20(25)28-3)22-19(24)16-8-10-23(11-9-16)29(26,27)17-6-4-15(13-21)5-7-17/h4-7,14,16,18H,8-12H2,1-3H3,(H,22,24). The molecule has 29 heavy (non-hydrogen) atoms. The van der Waals surface area contributed by atoms with Crippen molar-refractivity contribution in [2.24, 2.45) is 11.8 Å². The Bertz CT molecular complexity index is 866. The molecule has 1 aromatic rings. The predicted octanol–water partition coefficient (Wildman–Crippen LogP) is 1.66.